The van der Waals surface area contributed by atoms with E-state index in [9.17, 15) is 9.59 Å². The molecule has 0 aromatic carbocycles. The summed E-state index contributed by atoms with van der Waals surface area (Å²) in [4.78, 5) is 34.7. The molecule has 0 spiro atoms. The van der Waals surface area contributed by atoms with E-state index < -0.39 is 11.9 Å². The zero-order valence-electron chi connectivity index (χ0n) is 10.4. The lowest BCUT2D eigenvalue weighted by atomic mass is 10.4. The number of rotatable bonds is 4. The van der Waals surface area contributed by atoms with Crippen molar-refractivity contribution in [3.05, 3.63) is 40.9 Å². The van der Waals surface area contributed by atoms with E-state index in [1.807, 2.05) is 0 Å². The molecule has 0 saturated heterocycles. The Balaban J connectivity index is 2.05. The molecule has 0 aliphatic heterocycles. The average Bonchev–Trinajstić information content (AvgIpc) is 2.84. The fourth-order valence-corrected chi connectivity index (χ4v) is 1.96. The first kappa shape index (κ1) is 13.8. The quantitative estimate of drug-likeness (QED) is 0.828. The Morgan fingerprint density at radius 2 is 2.05 bits per heavy atom. The number of carboxylic acid groups (broad SMARTS) is 1. The van der Waals surface area contributed by atoms with Gasteiger partial charge in [-0.3, -0.25) is 15.1 Å². The van der Waals surface area contributed by atoms with Crippen molar-refractivity contribution in [1.29, 1.82) is 0 Å². The molecule has 0 aliphatic carbocycles. The maximum Gasteiger partial charge on any atom is 0.328 e. The first-order valence-corrected chi connectivity index (χ1v) is 6.33. The van der Waals surface area contributed by atoms with E-state index in [-0.39, 0.29) is 5.69 Å². The van der Waals surface area contributed by atoms with E-state index in [0.29, 0.717) is 10.0 Å². The van der Waals surface area contributed by atoms with Gasteiger partial charge >= 0.3 is 5.97 Å². The SMILES string of the molecule is Cc1cnc(C(=O)Nc2ncc(C=CC(=O)O)s2)cn1. The monoisotopic (exact) mass is 290 g/mol. The van der Waals surface area contributed by atoms with Gasteiger partial charge < -0.3 is 5.11 Å². The maximum absolute atomic E-state index is 11.8. The van der Waals surface area contributed by atoms with E-state index in [2.05, 4.69) is 20.3 Å². The van der Waals surface area contributed by atoms with Crippen LogP contribution >= 0.6 is 11.3 Å². The molecule has 0 unspecified atom stereocenters. The predicted octanol–water partition coefficient (Wildman–Crippen LogP) is 1.59. The van der Waals surface area contributed by atoms with Gasteiger partial charge in [0.1, 0.15) is 5.69 Å². The zero-order chi connectivity index (χ0) is 14.5. The lowest BCUT2D eigenvalue weighted by Crippen LogP contribution is -2.13. The molecule has 0 aliphatic rings. The molecule has 7 nitrogen and oxygen atoms in total. The summed E-state index contributed by atoms with van der Waals surface area (Å²) in [7, 11) is 0. The molecule has 102 valence electrons. The Labute approximate surface area is 118 Å². The summed E-state index contributed by atoms with van der Waals surface area (Å²) in [6.07, 6.45) is 6.76. The van der Waals surface area contributed by atoms with Crippen molar-refractivity contribution in [2.45, 2.75) is 6.92 Å². The van der Waals surface area contributed by atoms with E-state index in [0.717, 1.165) is 23.1 Å². The number of carboxylic acids is 1. The van der Waals surface area contributed by atoms with Crippen LogP contribution in [0, 0.1) is 6.92 Å². The van der Waals surface area contributed by atoms with Crippen molar-refractivity contribution in [2.75, 3.05) is 5.32 Å². The number of thiazole rings is 1. The van der Waals surface area contributed by atoms with Crippen molar-refractivity contribution in [1.82, 2.24) is 15.0 Å². The second kappa shape index (κ2) is 6.02. The molecule has 2 heterocycles. The molecule has 20 heavy (non-hydrogen) atoms. The molecule has 0 bridgehead atoms. The van der Waals surface area contributed by atoms with Crippen LogP contribution in [0.25, 0.3) is 6.08 Å². The van der Waals surface area contributed by atoms with Crippen molar-refractivity contribution in [3.63, 3.8) is 0 Å². The van der Waals surface area contributed by atoms with Gasteiger partial charge in [-0.05, 0) is 13.0 Å². The number of aromatic nitrogens is 3. The Bertz CT molecular complexity index is 664. The molecule has 0 saturated carbocycles. The summed E-state index contributed by atoms with van der Waals surface area (Å²) in [5, 5.41) is 11.4. The number of carbonyl (C=O) groups excluding carboxylic acids is 1. The standard InChI is InChI=1S/C12H10N4O3S/c1-7-4-14-9(6-13-7)11(19)16-12-15-5-8(20-12)2-3-10(17)18/h2-6H,1H3,(H,17,18)(H,15,16,19). The molecule has 8 heteroatoms. The van der Waals surface area contributed by atoms with Crippen LogP contribution in [0.15, 0.2) is 24.7 Å². The smallest absolute Gasteiger partial charge is 0.328 e. The average molecular weight is 290 g/mol. The number of amides is 1. The summed E-state index contributed by atoms with van der Waals surface area (Å²) < 4.78 is 0. The van der Waals surface area contributed by atoms with Crippen molar-refractivity contribution in [2.24, 2.45) is 0 Å². The van der Waals surface area contributed by atoms with Crippen molar-refractivity contribution < 1.29 is 14.7 Å². The minimum atomic E-state index is -1.04. The van der Waals surface area contributed by atoms with Gasteiger partial charge in [0.05, 0.1) is 11.9 Å². The number of aliphatic carboxylic acids is 1. The van der Waals surface area contributed by atoms with E-state index in [1.165, 1.54) is 24.7 Å². The van der Waals surface area contributed by atoms with Gasteiger partial charge in [0.15, 0.2) is 5.13 Å². The zero-order valence-corrected chi connectivity index (χ0v) is 11.2. The Morgan fingerprint density at radius 3 is 2.70 bits per heavy atom. The number of aryl methyl sites for hydroxylation is 1. The number of hydrogen-bond acceptors (Lipinski definition) is 6. The van der Waals surface area contributed by atoms with Gasteiger partial charge in [-0.15, -0.1) is 0 Å². The maximum atomic E-state index is 11.8. The molecule has 0 fully saturated rings. The topological polar surface area (TPSA) is 105 Å². The molecule has 2 aromatic heterocycles. The van der Waals surface area contributed by atoms with E-state index in [4.69, 9.17) is 5.11 Å². The number of hydrogen-bond donors (Lipinski definition) is 2. The van der Waals surface area contributed by atoms with Crippen LogP contribution in [0.5, 0.6) is 0 Å². The molecule has 2 N–H and O–H groups in total. The highest BCUT2D eigenvalue weighted by molar-refractivity contribution is 7.16. The van der Waals surface area contributed by atoms with E-state index in [1.54, 1.807) is 6.92 Å². The van der Waals surface area contributed by atoms with Crippen molar-refractivity contribution >= 4 is 34.4 Å². The van der Waals surface area contributed by atoms with Gasteiger partial charge in [-0.2, -0.15) is 0 Å². The molecular weight excluding hydrogens is 280 g/mol. The van der Waals surface area contributed by atoms with Crippen LogP contribution in [0.3, 0.4) is 0 Å². The second-order valence-corrected chi connectivity index (χ2v) is 4.80. The first-order valence-electron chi connectivity index (χ1n) is 5.51. The molecule has 1 amide bonds. The van der Waals surface area contributed by atoms with E-state index >= 15 is 0 Å². The highest BCUT2D eigenvalue weighted by atomic mass is 32.1. The normalized spacial score (nSPS) is 10.7. The third-order valence-electron chi connectivity index (χ3n) is 2.15. The van der Waals surface area contributed by atoms with Crippen molar-refractivity contribution in [3.8, 4) is 0 Å². The summed E-state index contributed by atoms with van der Waals surface area (Å²) in [5.74, 6) is -1.46. The lowest BCUT2D eigenvalue weighted by molar-refractivity contribution is -0.131. The molecule has 2 rings (SSSR count). The number of nitrogens with zero attached hydrogens (tertiary/aromatic N) is 3. The molecule has 0 radical (unpaired) electrons. The Hall–Kier alpha value is -2.61. The molecular formula is C12H10N4O3S. The van der Waals surface area contributed by atoms with Crippen LogP contribution in [0.2, 0.25) is 0 Å². The summed E-state index contributed by atoms with van der Waals surface area (Å²) in [6, 6.07) is 0. The predicted molar refractivity (Wildman–Crippen MR) is 73.5 cm³/mol. The van der Waals surface area contributed by atoms with Crippen LogP contribution in [-0.2, 0) is 4.79 Å². The Kier molecular flexibility index (Phi) is 4.16. The van der Waals surface area contributed by atoms with Crippen LogP contribution in [0.1, 0.15) is 21.1 Å². The molecule has 2 aromatic rings. The molecule has 0 atom stereocenters. The minimum absolute atomic E-state index is 0.188. The highest BCUT2D eigenvalue weighted by Crippen LogP contribution is 2.19. The summed E-state index contributed by atoms with van der Waals surface area (Å²) in [6.45, 7) is 1.77. The van der Waals surface area contributed by atoms with Gasteiger partial charge in [0.2, 0.25) is 0 Å². The summed E-state index contributed by atoms with van der Waals surface area (Å²) in [5.41, 5.74) is 0.908. The number of carbonyl (C=O) groups is 2. The highest BCUT2D eigenvalue weighted by Gasteiger charge is 2.10. The number of nitrogens with one attached hydrogen (secondary N) is 1. The van der Waals surface area contributed by atoms with Crippen LogP contribution in [-0.4, -0.2) is 31.9 Å². The second-order valence-electron chi connectivity index (χ2n) is 3.74. The van der Waals surface area contributed by atoms with Gasteiger partial charge in [0.25, 0.3) is 5.91 Å². The van der Waals surface area contributed by atoms with Gasteiger partial charge in [0, 0.05) is 23.3 Å². The fourth-order valence-electron chi connectivity index (χ4n) is 1.25. The van der Waals surface area contributed by atoms with Crippen LogP contribution in [0.4, 0.5) is 5.13 Å². The minimum Gasteiger partial charge on any atom is -0.478 e. The lowest BCUT2D eigenvalue weighted by Gasteiger charge is -2.00. The Morgan fingerprint density at radius 1 is 1.25 bits per heavy atom. The number of anilines is 1. The van der Waals surface area contributed by atoms with Crippen LogP contribution < -0.4 is 5.32 Å². The van der Waals surface area contributed by atoms with Gasteiger partial charge in [-0.25, -0.2) is 14.8 Å². The third-order valence-corrected chi connectivity index (χ3v) is 3.03. The fraction of sp³-hybridized carbons (Fsp3) is 0.0833. The van der Waals surface area contributed by atoms with Gasteiger partial charge in [-0.1, -0.05) is 11.3 Å². The summed E-state index contributed by atoms with van der Waals surface area (Å²) >= 11 is 1.16. The third kappa shape index (κ3) is 3.69. The first-order chi connectivity index (χ1) is 9.54. The largest absolute Gasteiger partial charge is 0.478 e.